The van der Waals surface area contributed by atoms with E-state index in [4.69, 9.17) is 5.73 Å². The van der Waals surface area contributed by atoms with Crippen molar-refractivity contribution in [3.63, 3.8) is 0 Å². The van der Waals surface area contributed by atoms with Crippen LogP contribution in [0, 0.1) is 0 Å². The Morgan fingerprint density at radius 1 is 1.78 bits per heavy atom. The number of rotatable bonds is 3. The summed E-state index contributed by atoms with van der Waals surface area (Å²) in [7, 11) is 0. The lowest BCUT2D eigenvalue weighted by atomic mass is 10.3. The van der Waals surface area contributed by atoms with E-state index in [2.05, 4.69) is 12.2 Å². The molecule has 0 aromatic carbocycles. The summed E-state index contributed by atoms with van der Waals surface area (Å²) in [6, 6.07) is 0. The Bertz CT molecular complexity index is 129. The number of hydrogen-bond donors (Lipinski definition) is 2. The van der Waals surface area contributed by atoms with Crippen LogP contribution in [0.5, 0.6) is 0 Å². The zero-order valence-electron chi connectivity index (χ0n) is 5.61. The van der Waals surface area contributed by atoms with Crippen molar-refractivity contribution < 1.29 is 4.79 Å². The first-order valence-corrected chi connectivity index (χ1v) is 3.16. The van der Waals surface area contributed by atoms with Gasteiger partial charge in [-0.05, 0) is 19.8 Å². The number of hydrogen-bond acceptors (Lipinski definition) is 2. The van der Waals surface area contributed by atoms with Crippen molar-refractivity contribution in [2.75, 3.05) is 6.54 Å². The lowest BCUT2D eigenvalue weighted by molar-refractivity contribution is -0.117. The highest BCUT2D eigenvalue weighted by molar-refractivity contribution is 5.76. The zero-order valence-corrected chi connectivity index (χ0v) is 5.61. The van der Waals surface area contributed by atoms with Crippen LogP contribution < -0.4 is 11.1 Å². The fourth-order valence-electron chi connectivity index (χ4n) is 0.665. The Kier molecular flexibility index (Phi) is 1.45. The van der Waals surface area contributed by atoms with Gasteiger partial charge in [-0.25, -0.2) is 0 Å². The molecule has 0 atom stereocenters. The van der Waals surface area contributed by atoms with Gasteiger partial charge in [-0.1, -0.05) is 0 Å². The number of nitrogens with one attached hydrogen (secondary N) is 1. The van der Waals surface area contributed by atoms with Crippen molar-refractivity contribution in [2.24, 2.45) is 5.73 Å². The third kappa shape index (κ3) is 2.01. The second-order valence-corrected chi connectivity index (χ2v) is 2.88. The largest absolute Gasteiger partial charge is 0.369 e. The molecule has 1 saturated carbocycles. The predicted molar refractivity (Wildman–Crippen MR) is 34.8 cm³/mol. The lowest BCUT2D eigenvalue weighted by Gasteiger charge is -2.07. The molecule has 0 radical (unpaired) electrons. The van der Waals surface area contributed by atoms with E-state index in [-0.39, 0.29) is 11.4 Å². The van der Waals surface area contributed by atoms with E-state index >= 15 is 0 Å². The minimum Gasteiger partial charge on any atom is -0.369 e. The van der Waals surface area contributed by atoms with E-state index < -0.39 is 0 Å². The van der Waals surface area contributed by atoms with Gasteiger partial charge in [0.05, 0.1) is 6.54 Å². The van der Waals surface area contributed by atoms with Crippen LogP contribution in [0.4, 0.5) is 0 Å². The van der Waals surface area contributed by atoms with Crippen LogP contribution in [0.3, 0.4) is 0 Å². The molecule has 3 nitrogen and oxygen atoms in total. The Hall–Kier alpha value is -0.570. The maximum Gasteiger partial charge on any atom is 0.231 e. The zero-order chi connectivity index (χ0) is 6.91. The van der Waals surface area contributed by atoms with Gasteiger partial charge < -0.3 is 11.1 Å². The molecule has 0 aromatic rings. The van der Waals surface area contributed by atoms with Gasteiger partial charge in [0.25, 0.3) is 0 Å². The molecule has 0 aliphatic heterocycles. The Morgan fingerprint density at radius 2 is 2.33 bits per heavy atom. The van der Waals surface area contributed by atoms with Crippen molar-refractivity contribution in [2.45, 2.75) is 25.3 Å². The maximum absolute atomic E-state index is 10.2. The van der Waals surface area contributed by atoms with Gasteiger partial charge in [0.15, 0.2) is 0 Å². The normalized spacial score (nSPS) is 21.4. The van der Waals surface area contributed by atoms with Crippen LogP contribution in [0.1, 0.15) is 19.8 Å². The molecule has 0 bridgehead atoms. The maximum atomic E-state index is 10.2. The molecule has 1 amide bonds. The molecule has 0 aromatic heterocycles. The average Bonchev–Trinajstić information content (AvgIpc) is 2.45. The van der Waals surface area contributed by atoms with Gasteiger partial charge >= 0.3 is 0 Å². The molecule has 52 valence electrons. The summed E-state index contributed by atoms with van der Waals surface area (Å²) >= 11 is 0. The predicted octanol–water partition coefficient (Wildman–Crippen LogP) is -0.386. The molecule has 0 saturated heterocycles. The van der Waals surface area contributed by atoms with Gasteiger partial charge in [0, 0.05) is 5.54 Å². The highest BCUT2D eigenvalue weighted by atomic mass is 16.1. The highest BCUT2D eigenvalue weighted by Gasteiger charge is 2.36. The summed E-state index contributed by atoms with van der Waals surface area (Å²) in [6.07, 6.45) is 2.33. The van der Waals surface area contributed by atoms with Gasteiger partial charge in [0.1, 0.15) is 0 Å². The Labute approximate surface area is 54.6 Å². The van der Waals surface area contributed by atoms with E-state index in [1.54, 1.807) is 0 Å². The number of carbonyl (C=O) groups is 1. The standard InChI is InChI=1S/C6H12N2O/c1-6(2-3-6)8-4-5(7)9/h8H,2-4H2,1H3,(H2,7,9). The first-order chi connectivity index (χ1) is 4.12. The van der Waals surface area contributed by atoms with Crippen LogP contribution >= 0.6 is 0 Å². The quantitative estimate of drug-likeness (QED) is 0.544. The molecule has 1 fully saturated rings. The van der Waals surface area contributed by atoms with Crippen molar-refractivity contribution in [1.82, 2.24) is 5.32 Å². The van der Waals surface area contributed by atoms with E-state index in [9.17, 15) is 4.79 Å². The van der Waals surface area contributed by atoms with Crippen molar-refractivity contribution in [3.8, 4) is 0 Å². The van der Waals surface area contributed by atoms with E-state index in [1.807, 2.05) is 0 Å². The van der Waals surface area contributed by atoms with Gasteiger partial charge in [-0.15, -0.1) is 0 Å². The topological polar surface area (TPSA) is 55.1 Å². The molecule has 1 rings (SSSR count). The molecule has 1 aliphatic carbocycles. The SMILES string of the molecule is CC1(NCC(N)=O)CC1. The number of amides is 1. The summed E-state index contributed by atoms with van der Waals surface area (Å²) in [5.74, 6) is -0.275. The van der Waals surface area contributed by atoms with Gasteiger partial charge in [0.2, 0.25) is 5.91 Å². The summed E-state index contributed by atoms with van der Waals surface area (Å²) in [5, 5.41) is 3.06. The molecule has 0 spiro atoms. The van der Waals surface area contributed by atoms with Crippen LogP contribution in [0.15, 0.2) is 0 Å². The van der Waals surface area contributed by atoms with Crippen molar-refractivity contribution >= 4 is 5.91 Å². The minimum atomic E-state index is -0.275. The Balaban J connectivity index is 2.12. The number of primary amides is 1. The molecular weight excluding hydrogens is 116 g/mol. The van der Waals surface area contributed by atoms with E-state index in [1.165, 1.54) is 12.8 Å². The summed E-state index contributed by atoms with van der Waals surface area (Å²) in [5.41, 5.74) is 5.16. The van der Waals surface area contributed by atoms with Gasteiger partial charge in [-0.2, -0.15) is 0 Å². The van der Waals surface area contributed by atoms with Crippen molar-refractivity contribution in [1.29, 1.82) is 0 Å². The molecular formula is C6H12N2O. The molecule has 9 heavy (non-hydrogen) atoms. The Morgan fingerprint density at radius 3 is 2.67 bits per heavy atom. The van der Waals surface area contributed by atoms with Crippen LogP contribution in [-0.4, -0.2) is 18.0 Å². The third-order valence-electron chi connectivity index (χ3n) is 1.69. The highest BCUT2D eigenvalue weighted by Crippen LogP contribution is 2.33. The lowest BCUT2D eigenvalue weighted by Crippen LogP contribution is -2.36. The number of nitrogens with two attached hydrogens (primary N) is 1. The first kappa shape index (κ1) is 6.55. The van der Waals surface area contributed by atoms with Crippen LogP contribution in [-0.2, 0) is 4.79 Å². The molecule has 0 unspecified atom stereocenters. The van der Waals surface area contributed by atoms with Crippen molar-refractivity contribution in [3.05, 3.63) is 0 Å². The fraction of sp³-hybridized carbons (Fsp3) is 0.833. The summed E-state index contributed by atoms with van der Waals surface area (Å²) < 4.78 is 0. The number of carbonyl (C=O) groups excluding carboxylic acids is 1. The molecule has 0 heterocycles. The average molecular weight is 128 g/mol. The van der Waals surface area contributed by atoms with Crippen LogP contribution in [0.2, 0.25) is 0 Å². The third-order valence-corrected chi connectivity index (χ3v) is 1.69. The molecule has 1 aliphatic rings. The minimum absolute atomic E-state index is 0.231. The van der Waals surface area contributed by atoms with E-state index in [0.717, 1.165) is 0 Å². The van der Waals surface area contributed by atoms with E-state index in [0.29, 0.717) is 6.54 Å². The smallest absolute Gasteiger partial charge is 0.231 e. The monoisotopic (exact) mass is 128 g/mol. The fourth-order valence-corrected chi connectivity index (χ4v) is 0.665. The van der Waals surface area contributed by atoms with Gasteiger partial charge in [-0.3, -0.25) is 4.79 Å². The molecule has 3 heteroatoms. The molecule has 3 N–H and O–H groups in total. The second-order valence-electron chi connectivity index (χ2n) is 2.88. The summed E-state index contributed by atoms with van der Waals surface area (Å²) in [6.45, 7) is 2.41. The second kappa shape index (κ2) is 1.99. The first-order valence-electron chi connectivity index (χ1n) is 3.16. The van der Waals surface area contributed by atoms with Crippen LogP contribution in [0.25, 0.3) is 0 Å². The summed E-state index contributed by atoms with van der Waals surface area (Å²) in [4.78, 5) is 10.2.